The maximum Gasteiger partial charge on any atom is 0.0215 e. The molecule has 1 N–H and O–H groups in total. The van der Waals surface area contributed by atoms with Crippen LogP contribution in [0.1, 0.15) is 33.3 Å². The molecule has 0 aliphatic heterocycles. The zero-order valence-electron chi connectivity index (χ0n) is 11.6. The standard InChI is InChI=1S/C18H21N.CH4/c1-14(2)17(13-19)18(15-9-5-3-6-10-15)16-11-7-4-8-12-16;/h3-11,13-14,16,19H,12H2,1-2H3;1H4/b18-17+,19-13?;. The first kappa shape index (κ1) is 16.2. The molecule has 0 spiro atoms. The van der Waals surface area contributed by atoms with Gasteiger partial charge in [-0.1, -0.05) is 75.9 Å². The second-order valence-electron chi connectivity index (χ2n) is 5.19. The Hall–Kier alpha value is -1.89. The molecule has 1 atom stereocenters. The average Bonchev–Trinajstić information content (AvgIpc) is 2.46. The second-order valence-corrected chi connectivity index (χ2v) is 5.19. The lowest BCUT2D eigenvalue weighted by atomic mass is 9.82. The van der Waals surface area contributed by atoms with Crippen molar-refractivity contribution in [2.75, 3.05) is 0 Å². The number of nitrogens with one attached hydrogen (secondary N) is 1. The molecule has 2 rings (SSSR count). The zero-order chi connectivity index (χ0) is 13.7. The minimum Gasteiger partial charge on any atom is -0.308 e. The molecule has 20 heavy (non-hydrogen) atoms. The Morgan fingerprint density at radius 2 is 1.90 bits per heavy atom. The Morgan fingerprint density at radius 3 is 2.40 bits per heavy atom. The Kier molecular flexibility index (Phi) is 6.17. The summed E-state index contributed by atoms with van der Waals surface area (Å²) in [4.78, 5) is 0. The highest BCUT2D eigenvalue weighted by molar-refractivity contribution is 5.91. The van der Waals surface area contributed by atoms with Gasteiger partial charge < -0.3 is 5.41 Å². The van der Waals surface area contributed by atoms with Gasteiger partial charge in [0.1, 0.15) is 0 Å². The van der Waals surface area contributed by atoms with E-state index < -0.39 is 0 Å². The number of hydrogen-bond donors (Lipinski definition) is 1. The molecular formula is C19H25N. The molecule has 0 heterocycles. The van der Waals surface area contributed by atoms with Crippen molar-refractivity contribution < 1.29 is 0 Å². The van der Waals surface area contributed by atoms with E-state index in [1.165, 1.54) is 17.4 Å². The fourth-order valence-corrected chi connectivity index (χ4v) is 2.56. The first-order valence-electron chi connectivity index (χ1n) is 6.87. The summed E-state index contributed by atoms with van der Waals surface area (Å²) in [5.41, 5.74) is 3.67. The molecule has 0 fully saturated rings. The molecule has 1 unspecified atom stereocenters. The third kappa shape index (κ3) is 3.57. The van der Waals surface area contributed by atoms with Crippen molar-refractivity contribution in [2.24, 2.45) is 11.8 Å². The van der Waals surface area contributed by atoms with E-state index >= 15 is 0 Å². The largest absolute Gasteiger partial charge is 0.308 e. The van der Waals surface area contributed by atoms with Gasteiger partial charge in [-0.25, -0.2) is 0 Å². The van der Waals surface area contributed by atoms with Crippen LogP contribution < -0.4 is 0 Å². The van der Waals surface area contributed by atoms with E-state index in [0.29, 0.717) is 11.8 Å². The van der Waals surface area contributed by atoms with Gasteiger partial charge in [-0.2, -0.15) is 0 Å². The van der Waals surface area contributed by atoms with Crippen molar-refractivity contribution in [3.8, 4) is 0 Å². The van der Waals surface area contributed by atoms with Gasteiger partial charge in [0.05, 0.1) is 0 Å². The van der Waals surface area contributed by atoms with Gasteiger partial charge in [0.2, 0.25) is 0 Å². The molecule has 106 valence electrons. The van der Waals surface area contributed by atoms with Crippen LogP contribution in [0.3, 0.4) is 0 Å². The Morgan fingerprint density at radius 1 is 1.20 bits per heavy atom. The van der Waals surface area contributed by atoms with Crippen LogP contribution in [0.15, 0.2) is 60.2 Å². The van der Waals surface area contributed by atoms with Crippen LogP contribution in [-0.2, 0) is 0 Å². The van der Waals surface area contributed by atoms with Gasteiger partial charge >= 0.3 is 0 Å². The van der Waals surface area contributed by atoms with Crippen molar-refractivity contribution in [1.82, 2.24) is 0 Å². The summed E-state index contributed by atoms with van der Waals surface area (Å²) in [6.45, 7) is 4.32. The number of allylic oxidation sites excluding steroid dienone is 6. The van der Waals surface area contributed by atoms with Crippen LogP contribution in [0.5, 0.6) is 0 Å². The molecule has 0 bridgehead atoms. The van der Waals surface area contributed by atoms with Crippen molar-refractivity contribution in [3.63, 3.8) is 0 Å². The molecule has 0 saturated heterocycles. The molecule has 0 radical (unpaired) electrons. The minimum absolute atomic E-state index is 0. The first-order chi connectivity index (χ1) is 9.24. The minimum atomic E-state index is 0. The molecule has 0 aromatic heterocycles. The van der Waals surface area contributed by atoms with E-state index in [1.807, 2.05) is 6.07 Å². The molecule has 1 aromatic rings. The molecule has 1 aliphatic rings. The maximum absolute atomic E-state index is 7.76. The fraction of sp³-hybridized carbons (Fsp3) is 0.316. The SMILES string of the molecule is C.CC(C)/C(C=N)=C(\c1ccccc1)C1C=CC=CC1. The number of rotatable bonds is 4. The third-order valence-corrected chi connectivity index (χ3v) is 3.52. The molecule has 1 heteroatoms. The zero-order valence-corrected chi connectivity index (χ0v) is 11.6. The topological polar surface area (TPSA) is 23.9 Å². The lowest BCUT2D eigenvalue weighted by Crippen LogP contribution is -2.09. The first-order valence-corrected chi connectivity index (χ1v) is 6.87. The molecule has 1 nitrogen and oxygen atoms in total. The summed E-state index contributed by atoms with van der Waals surface area (Å²) in [7, 11) is 0. The van der Waals surface area contributed by atoms with Gasteiger partial charge in [-0.15, -0.1) is 0 Å². The molecule has 1 aromatic carbocycles. The van der Waals surface area contributed by atoms with Gasteiger partial charge in [0, 0.05) is 12.1 Å². The molecule has 0 amide bonds. The van der Waals surface area contributed by atoms with Crippen molar-refractivity contribution in [2.45, 2.75) is 27.7 Å². The van der Waals surface area contributed by atoms with E-state index in [4.69, 9.17) is 5.41 Å². The summed E-state index contributed by atoms with van der Waals surface area (Å²) in [5, 5.41) is 7.76. The van der Waals surface area contributed by atoms with E-state index in [1.54, 1.807) is 0 Å². The van der Waals surface area contributed by atoms with Crippen LogP contribution in [-0.4, -0.2) is 6.21 Å². The van der Waals surface area contributed by atoms with E-state index in [0.717, 1.165) is 12.0 Å². The lowest BCUT2D eigenvalue weighted by Gasteiger charge is -2.23. The second kappa shape index (κ2) is 7.64. The Bertz CT molecular complexity index is 518. The summed E-state index contributed by atoms with van der Waals surface area (Å²) < 4.78 is 0. The highest BCUT2D eigenvalue weighted by atomic mass is 14.4. The number of hydrogen-bond acceptors (Lipinski definition) is 1. The normalized spacial score (nSPS) is 18.4. The monoisotopic (exact) mass is 267 g/mol. The quantitative estimate of drug-likeness (QED) is 0.695. The average molecular weight is 267 g/mol. The van der Waals surface area contributed by atoms with Crippen LogP contribution in [0.25, 0.3) is 5.57 Å². The third-order valence-electron chi connectivity index (χ3n) is 3.52. The Labute approximate surface area is 123 Å². The van der Waals surface area contributed by atoms with Crippen LogP contribution in [0, 0.1) is 17.2 Å². The smallest absolute Gasteiger partial charge is 0.0215 e. The van der Waals surface area contributed by atoms with Crippen LogP contribution in [0.2, 0.25) is 0 Å². The van der Waals surface area contributed by atoms with Crippen LogP contribution >= 0.6 is 0 Å². The molecular weight excluding hydrogens is 242 g/mol. The predicted molar refractivity (Wildman–Crippen MR) is 90.1 cm³/mol. The number of benzene rings is 1. The van der Waals surface area contributed by atoms with Gasteiger partial charge in [-0.05, 0) is 29.0 Å². The van der Waals surface area contributed by atoms with Crippen molar-refractivity contribution >= 4 is 11.8 Å². The Balaban J connectivity index is 0.00000200. The van der Waals surface area contributed by atoms with E-state index in [2.05, 4.69) is 62.4 Å². The van der Waals surface area contributed by atoms with E-state index in [-0.39, 0.29) is 7.43 Å². The molecule has 0 saturated carbocycles. The van der Waals surface area contributed by atoms with E-state index in [9.17, 15) is 0 Å². The maximum atomic E-state index is 7.76. The summed E-state index contributed by atoms with van der Waals surface area (Å²) in [6.07, 6.45) is 11.2. The predicted octanol–water partition coefficient (Wildman–Crippen LogP) is 5.51. The fourth-order valence-electron chi connectivity index (χ4n) is 2.56. The summed E-state index contributed by atoms with van der Waals surface area (Å²) in [6, 6.07) is 10.5. The van der Waals surface area contributed by atoms with Crippen LogP contribution in [0.4, 0.5) is 0 Å². The van der Waals surface area contributed by atoms with Crippen molar-refractivity contribution in [1.29, 1.82) is 5.41 Å². The molecule has 1 aliphatic carbocycles. The summed E-state index contributed by atoms with van der Waals surface area (Å²) in [5.74, 6) is 0.749. The van der Waals surface area contributed by atoms with Crippen molar-refractivity contribution in [3.05, 3.63) is 65.8 Å². The highest BCUT2D eigenvalue weighted by Gasteiger charge is 2.18. The van der Waals surface area contributed by atoms with Gasteiger partial charge in [0.25, 0.3) is 0 Å². The lowest BCUT2D eigenvalue weighted by molar-refractivity contribution is 0.775. The van der Waals surface area contributed by atoms with Gasteiger partial charge in [0.15, 0.2) is 0 Å². The summed E-state index contributed by atoms with van der Waals surface area (Å²) >= 11 is 0. The van der Waals surface area contributed by atoms with Gasteiger partial charge in [-0.3, -0.25) is 0 Å². The highest BCUT2D eigenvalue weighted by Crippen LogP contribution is 2.34.